The van der Waals surface area contributed by atoms with Crippen molar-refractivity contribution in [3.05, 3.63) is 42.5 Å². The summed E-state index contributed by atoms with van der Waals surface area (Å²) in [7, 11) is 0. The molecule has 2 amide bonds. The minimum Gasteiger partial charge on any atom is -0.480 e. The monoisotopic (exact) mass is 310 g/mol. The van der Waals surface area contributed by atoms with Crippen LogP contribution in [0.1, 0.15) is 20.8 Å². The normalized spacial score (nSPS) is 10.6. The first-order valence-corrected chi connectivity index (χ1v) is 7.58. The lowest BCUT2D eigenvalue weighted by Gasteiger charge is -2.20. The summed E-state index contributed by atoms with van der Waals surface area (Å²) in [4.78, 5) is 11.5. The van der Waals surface area contributed by atoms with Crippen LogP contribution in [0.25, 0.3) is 10.8 Å². The van der Waals surface area contributed by atoms with Crippen LogP contribution in [0.4, 0.5) is 4.79 Å². The molecule has 2 rings (SSSR count). The summed E-state index contributed by atoms with van der Waals surface area (Å²) in [6.07, 6.45) is 0. The van der Waals surface area contributed by atoms with E-state index in [9.17, 15) is 4.79 Å². The van der Waals surface area contributed by atoms with Crippen molar-refractivity contribution in [3.8, 4) is 17.6 Å². The number of carbonyl (C=O) groups is 1. The molecule has 0 saturated heterocycles. The summed E-state index contributed by atoms with van der Waals surface area (Å²) in [5.41, 5.74) is -0.255. The average molecular weight is 310 g/mol. The Labute approximate surface area is 137 Å². The predicted octanol–water partition coefficient (Wildman–Crippen LogP) is 3.32. The third-order valence-electron chi connectivity index (χ3n) is 3.00. The van der Waals surface area contributed by atoms with Crippen molar-refractivity contribution >= 4 is 16.8 Å². The van der Waals surface area contributed by atoms with Crippen LogP contribution in [0.2, 0.25) is 0 Å². The summed E-state index contributed by atoms with van der Waals surface area (Å²) in [6.45, 7) is 6.36. The van der Waals surface area contributed by atoms with Crippen LogP contribution in [-0.4, -0.2) is 24.7 Å². The van der Waals surface area contributed by atoms with Gasteiger partial charge in [0.2, 0.25) is 0 Å². The van der Waals surface area contributed by atoms with Gasteiger partial charge in [0, 0.05) is 10.9 Å². The molecule has 0 bridgehead atoms. The SMILES string of the molecule is CC(C)(C)NC(=O)NCC#CCOc1cccc2ccccc12. The van der Waals surface area contributed by atoms with E-state index in [4.69, 9.17) is 4.74 Å². The molecular formula is C19H22N2O2. The smallest absolute Gasteiger partial charge is 0.315 e. The molecule has 2 aromatic rings. The van der Waals surface area contributed by atoms with E-state index in [1.54, 1.807) is 0 Å². The number of rotatable bonds is 3. The van der Waals surface area contributed by atoms with Crippen molar-refractivity contribution in [2.45, 2.75) is 26.3 Å². The number of nitrogens with one attached hydrogen (secondary N) is 2. The molecule has 4 heteroatoms. The van der Waals surface area contributed by atoms with Crippen LogP contribution in [0.15, 0.2) is 42.5 Å². The van der Waals surface area contributed by atoms with E-state index in [0.29, 0.717) is 6.54 Å². The van der Waals surface area contributed by atoms with Gasteiger partial charge < -0.3 is 15.4 Å². The van der Waals surface area contributed by atoms with E-state index in [-0.39, 0.29) is 18.2 Å². The van der Waals surface area contributed by atoms with Crippen LogP contribution < -0.4 is 15.4 Å². The van der Waals surface area contributed by atoms with Crippen molar-refractivity contribution in [2.75, 3.05) is 13.2 Å². The number of hydrogen-bond donors (Lipinski definition) is 2. The highest BCUT2D eigenvalue weighted by Crippen LogP contribution is 2.24. The van der Waals surface area contributed by atoms with Crippen molar-refractivity contribution in [1.29, 1.82) is 0 Å². The largest absolute Gasteiger partial charge is 0.480 e. The van der Waals surface area contributed by atoms with Crippen LogP contribution in [0.5, 0.6) is 5.75 Å². The Morgan fingerprint density at radius 3 is 2.61 bits per heavy atom. The Morgan fingerprint density at radius 1 is 1.09 bits per heavy atom. The number of benzene rings is 2. The molecule has 23 heavy (non-hydrogen) atoms. The Balaban J connectivity index is 1.80. The Bertz CT molecular complexity index is 731. The van der Waals surface area contributed by atoms with Crippen LogP contribution in [0, 0.1) is 11.8 Å². The standard InChI is InChI=1S/C19H22N2O2/c1-19(2,3)21-18(22)20-13-6-7-14-23-17-12-8-10-15-9-4-5-11-16(15)17/h4-5,8-12H,13-14H2,1-3H3,(H2,20,21,22). The van der Waals surface area contributed by atoms with Gasteiger partial charge in [-0.3, -0.25) is 0 Å². The van der Waals surface area contributed by atoms with Crippen LogP contribution in [-0.2, 0) is 0 Å². The maximum Gasteiger partial charge on any atom is 0.315 e. The van der Waals surface area contributed by atoms with Gasteiger partial charge in [0.25, 0.3) is 0 Å². The second-order valence-electron chi connectivity index (χ2n) is 6.18. The molecule has 0 aromatic heterocycles. The van der Waals surface area contributed by atoms with E-state index in [0.717, 1.165) is 16.5 Å². The van der Waals surface area contributed by atoms with Gasteiger partial charge >= 0.3 is 6.03 Å². The molecule has 0 spiro atoms. The molecule has 4 nitrogen and oxygen atoms in total. The van der Waals surface area contributed by atoms with E-state index in [1.165, 1.54) is 0 Å². The van der Waals surface area contributed by atoms with E-state index in [1.807, 2.05) is 63.2 Å². The second-order valence-corrected chi connectivity index (χ2v) is 6.18. The summed E-state index contributed by atoms with van der Waals surface area (Å²) >= 11 is 0. The van der Waals surface area contributed by atoms with Gasteiger partial charge in [-0.2, -0.15) is 0 Å². The second kappa shape index (κ2) is 7.55. The summed E-state index contributed by atoms with van der Waals surface area (Å²) in [5, 5.41) is 7.70. The maximum atomic E-state index is 11.5. The molecule has 0 aliphatic heterocycles. The zero-order chi connectivity index (χ0) is 16.7. The molecule has 2 aromatic carbocycles. The first-order valence-electron chi connectivity index (χ1n) is 7.58. The number of hydrogen-bond acceptors (Lipinski definition) is 2. The quantitative estimate of drug-likeness (QED) is 0.855. The molecule has 0 heterocycles. The Kier molecular flexibility index (Phi) is 5.48. The summed E-state index contributed by atoms with van der Waals surface area (Å²) in [5.74, 6) is 6.59. The predicted molar refractivity (Wildman–Crippen MR) is 93.5 cm³/mol. The van der Waals surface area contributed by atoms with Crippen molar-refractivity contribution in [3.63, 3.8) is 0 Å². The van der Waals surface area contributed by atoms with E-state index < -0.39 is 0 Å². The minimum atomic E-state index is -0.255. The third-order valence-corrected chi connectivity index (χ3v) is 3.00. The number of urea groups is 1. The van der Waals surface area contributed by atoms with Crippen LogP contribution in [0.3, 0.4) is 0 Å². The van der Waals surface area contributed by atoms with E-state index >= 15 is 0 Å². The maximum absolute atomic E-state index is 11.5. The molecule has 0 saturated carbocycles. The zero-order valence-corrected chi connectivity index (χ0v) is 13.8. The first kappa shape index (κ1) is 16.7. The lowest BCUT2D eigenvalue weighted by molar-refractivity contribution is 0.233. The fourth-order valence-corrected chi connectivity index (χ4v) is 2.06. The third kappa shape index (κ3) is 5.55. The van der Waals surface area contributed by atoms with Gasteiger partial charge in [0.1, 0.15) is 12.4 Å². The van der Waals surface area contributed by atoms with E-state index in [2.05, 4.69) is 22.5 Å². The molecule has 0 aliphatic carbocycles. The topological polar surface area (TPSA) is 50.4 Å². The fourth-order valence-electron chi connectivity index (χ4n) is 2.06. The highest BCUT2D eigenvalue weighted by molar-refractivity contribution is 5.88. The molecule has 0 radical (unpaired) electrons. The number of amides is 2. The van der Waals surface area contributed by atoms with Crippen LogP contribution >= 0.6 is 0 Å². The molecule has 120 valence electrons. The van der Waals surface area contributed by atoms with Gasteiger partial charge in [-0.15, -0.1) is 0 Å². The lowest BCUT2D eigenvalue weighted by atomic mass is 10.1. The van der Waals surface area contributed by atoms with Gasteiger partial charge in [-0.1, -0.05) is 48.2 Å². The van der Waals surface area contributed by atoms with Gasteiger partial charge in [0.15, 0.2) is 0 Å². The lowest BCUT2D eigenvalue weighted by Crippen LogP contribution is -2.46. The molecular weight excluding hydrogens is 288 g/mol. The minimum absolute atomic E-state index is 0.221. The fraction of sp³-hybridized carbons (Fsp3) is 0.316. The molecule has 0 aliphatic rings. The Hall–Kier alpha value is -2.67. The molecule has 0 fully saturated rings. The Morgan fingerprint density at radius 2 is 1.83 bits per heavy atom. The zero-order valence-electron chi connectivity index (χ0n) is 13.8. The molecule has 2 N–H and O–H groups in total. The number of fused-ring (bicyclic) bond motifs is 1. The average Bonchev–Trinajstić information content (AvgIpc) is 2.49. The summed E-state index contributed by atoms with van der Waals surface area (Å²) < 4.78 is 5.70. The first-order chi connectivity index (χ1) is 11.0. The summed E-state index contributed by atoms with van der Waals surface area (Å²) in [6, 6.07) is 13.8. The molecule has 0 unspecified atom stereocenters. The van der Waals surface area contributed by atoms with Crippen molar-refractivity contribution < 1.29 is 9.53 Å². The van der Waals surface area contributed by atoms with Gasteiger partial charge in [-0.25, -0.2) is 4.79 Å². The number of ether oxygens (including phenoxy) is 1. The highest BCUT2D eigenvalue weighted by atomic mass is 16.5. The van der Waals surface area contributed by atoms with Crippen molar-refractivity contribution in [1.82, 2.24) is 10.6 Å². The van der Waals surface area contributed by atoms with Gasteiger partial charge in [-0.05, 0) is 32.2 Å². The molecule has 0 atom stereocenters. The van der Waals surface area contributed by atoms with Gasteiger partial charge in [0.05, 0.1) is 6.54 Å². The van der Waals surface area contributed by atoms with Crippen molar-refractivity contribution in [2.24, 2.45) is 0 Å². The highest BCUT2D eigenvalue weighted by Gasteiger charge is 2.12. The number of carbonyl (C=O) groups excluding carboxylic acids is 1.